The number of rotatable bonds is 3. The maximum atomic E-state index is 8.88. The molecule has 0 atom stereocenters. The second-order valence-corrected chi connectivity index (χ2v) is 7.06. The van der Waals surface area contributed by atoms with E-state index in [9.17, 15) is 0 Å². The maximum absolute atomic E-state index is 8.88. The van der Waals surface area contributed by atoms with Crippen molar-refractivity contribution < 1.29 is 19.2 Å². The molecule has 0 radical (unpaired) electrons. The summed E-state index contributed by atoms with van der Waals surface area (Å²) in [5, 5.41) is 0. The highest BCUT2D eigenvalue weighted by molar-refractivity contribution is 7.45. The van der Waals surface area contributed by atoms with Gasteiger partial charge in [-0.25, -0.2) is 4.57 Å². The third kappa shape index (κ3) is 18.9. The van der Waals surface area contributed by atoms with Crippen molar-refractivity contribution in [2.24, 2.45) is 0 Å². The standard InChI is InChI=1S/3C8H10.H3O4P/c3*1-2-8-6-4-3-5-7-8;1-5(2,3)4/h3*3-7H,2H2,1H3;(H3,1,2,3,4). The van der Waals surface area contributed by atoms with Gasteiger partial charge in [-0.2, -0.15) is 0 Å². The molecular formula is C24H33O4P. The predicted molar refractivity (Wildman–Crippen MR) is 122 cm³/mol. The molecule has 0 amide bonds. The summed E-state index contributed by atoms with van der Waals surface area (Å²) in [6.07, 6.45) is 3.42. The third-order valence-electron chi connectivity index (χ3n) is 3.75. The molecule has 0 aliphatic heterocycles. The van der Waals surface area contributed by atoms with Gasteiger partial charge < -0.3 is 14.7 Å². The van der Waals surface area contributed by atoms with Crippen LogP contribution in [0, 0.1) is 0 Å². The third-order valence-corrected chi connectivity index (χ3v) is 3.75. The zero-order chi connectivity index (χ0) is 22.0. The van der Waals surface area contributed by atoms with Crippen molar-refractivity contribution in [3.63, 3.8) is 0 Å². The quantitative estimate of drug-likeness (QED) is 0.470. The summed E-state index contributed by atoms with van der Waals surface area (Å²) >= 11 is 0. The summed E-state index contributed by atoms with van der Waals surface area (Å²) in [5.41, 5.74) is 4.23. The Morgan fingerprint density at radius 1 is 0.517 bits per heavy atom. The molecule has 0 fully saturated rings. The fourth-order valence-electron chi connectivity index (χ4n) is 2.14. The molecule has 0 heterocycles. The largest absolute Gasteiger partial charge is 0.466 e. The molecule has 4 nitrogen and oxygen atoms in total. The summed E-state index contributed by atoms with van der Waals surface area (Å²) < 4.78 is 8.88. The molecular weight excluding hydrogens is 383 g/mol. The van der Waals surface area contributed by atoms with E-state index in [4.69, 9.17) is 19.2 Å². The summed E-state index contributed by atoms with van der Waals surface area (Å²) in [7, 11) is -4.64. The number of aryl methyl sites for hydroxylation is 3. The minimum absolute atomic E-state index is 1.14. The van der Waals surface area contributed by atoms with Crippen LogP contribution in [0.2, 0.25) is 0 Å². The van der Waals surface area contributed by atoms with Gasteiger partial charge in [0.25, 0.3) is 0 Å². The van der Waals surface area contributed by atoms with E-state index in [-0.39, 0.29) is 0 Å². The molecule has 0 saturated carbocycles. The Morgan fingerprint density at radius 3 is 0.793 bits per heavy atom. The topological polar surface area (TPSA) is 77.8 Å². The zero-order valence-electron chi connectivity index (χ0n) is 17.5. The van der Waals surface area contributed by atoms with Crippen LogP contribution in [-0.4, -0.2) is 14.7 Å². The Kier molecular flexibility index (Phi) is 15.4. The highest BCUT2D eigenvalue weighted by Gasteiger charge is 2.00. The SMILES string of the molecule is CCc1ccccc1.CCc1ccccc1.CCc1ccccc1.O=P(O)(O)O. The molecule has 3 rings (SSSR count). The summed E-state index contributed by atoms with van der Waals surface area (Å²) in [5.74, 6) is 0. The van der Waals surface area contributed by atoms with Gasteiger partial charge in [-0.3, -0.25) is 0 Å². The van der Waals surface area contributed by atoms with E-state index in [0.717, 1.165) is 19.3 Å². The Morgan fingerprint density at radius 2 is 0.690 bits per heavy atom. The lowest BCUT2D eigenvalue weighted by Crippen LogP contribution is -1.73. The molecule has 0 aliphatic carbocycles. The van der Waals surface area contributed by atoms with Crippen molar-refractivity contribution in [3.8, 4) is 0 Å². The van der Waals surface area contributed by atoms with E-state index >= 15 is 0 Å². The highest BCUT2D eigenvalue weighted by Crippen LogP contribution is 2.25. The smallest absolute Gasteiger partial charge is 0.303 e. The Bertz CT molecular complexity index is 670. The molecule has 0 saturated heterocycles. The van der Waals surface area contributed by atoms with Crippen LogP contribution >= 0.6 is 7.82 Å². The molecule has 3 aromatic carbocycles. The van der Waals surface area contributed by atoms with Gasteiger partial charge in [-0.1, -0.05) is 112 Å². The normalized spacial score (nSPS) is 9.59. The Hall–Kier alpha value is -2.23. The number of hydrogen-bond donors (Lipinski definition) is 3. The van der Waals surface area contributed by atoms with Gasteiger partial charge in [0.2, 0.25) is 0 Å². The maximum Gasteiger partial charge on any atom is 0.466 e. The molecule has 0 bridgehead atoms. The van der Waals surface area contributed by atoms with Gasteiger partial charge in [-0.05, 0) is 36.0 Å². The van der Waals surface area contributed by atoms with Crippen LogP contribution in [0.15, 0.2) is 91.0 Å². The molecule has 3 N–H and O–H groups in total. The first-order valence-electron chi connectivity index (χ1n) is 9.70. The minimum Gasteiger partial charge on any atom is -0.303 e. The monoisotopic (exact) mass is 416 g/mol. The first kappa shape index (κ1) is 26.8. The van der Waals surface area contributed by atoms with Gasteiger partial charge in [0.1, 0.15) is 0 Å². The molecule has 5 heteroatoms. The lowest BCUT2D eigenvalue weighted by atomic mass is 10.2. The second kappa shape index (κ2) is 16.7. The first-order valence-corrected chi connectivity index (χ1v) is 11.3. The van der Waals surface area contributed by atoms with Gasteiger partial charge in [-0.15, -0.1) is 0 Å². The number of hydrogen-bond acceptors (Lipinski definition) is 1. The van der Waals surface area contributed by atoms with Crippen LogP contribution in [0.1, 0.15) is 37.5 Å². The summed E-state index contributed by atoms with van der Waals surface area (Å²) in [6.45, 7) is 6.49. The van der Waals surface area contributed by atoms with Crippen molar-refractivity contribution in [1.82, 2.24) is 0 Å². The lowest BCUT2D eigenvalue weighted by molar-refractivity contribution is 0.275. The van der Waals surface area contributed by atoms with E-state index in [1.165, 1.54) is 16.7 Å². The number of phosphoric acid groups is 1. The van der Waals surface area contributed by atoms with Crippen molar-refractivity contribution in [2.45, 2.75) is 40.0 Å². The van der Waals surface area contributed by atoms with E-state index in [2.05, 4.69) is 93.6 Å². The van der Waals surface area contributed by atoms with Crippen molar-refractivity contribution in [3.05, 3.63) is 108 Å². The average Bonchev–Trinajstić information content (AvgIpc) is 2.75. The van der Waals surface area contributed by atoms with Gasteiger partial charge in [0, 0.05) is 0 Å². The van der Waals surface area contributed by atoms with E-state index in [1.54, 1.807) is 0 Å². The fourth-order valence-corrected chi connectivity index (χ4v) is 2.14. The van der Waals surface area contributed by atoms with Crippen LogP contribution in [0.3, 0.4) is 0 Å². The van der Waals surface area contributed by atoms with Crippen molar-refractivity contribution >= 4 is 7.82 Å². The summed E-state index contributed by atoms with van der Waals surface area (Å²) in [6, 6.07) is 31.4. The van der Waals surface area contributed by atoms with Crippen molar-refractivity contribution in [1.29, 1.82) is 0 Å². The van der Waals surface area contributed by atoms with Crippen LogP contribution in [-0.2, 0) is 23.8 Å². The van der Waals surface area contributed by atoms with Crippen LogP contribution in [0.4, 0.5) is 0 Å². The molecule has 0 spiro atoms. The molecule has 29 heavy (non-hydrogen) atoms. The van der Waals surface area contributed by atoms with E-state index < -0.39 is 7.82 Å². The zero-order valence-corrected chi connectivity index (χ0v) is 18.4. The minimum atomic E-state index is -4.64. The van der Waals surface area contributed by atoms with Gasteiger partial charge >= 0.3 is 7.82 Å². The molecule has 0 aromatic heterocycles. The Balaban J connectivity index is 0.000000367. The molecule has 158 valence electrons. The van der Waals surface area contributed by atoms with Gasteiger partial charge in [0.05, 0.1) is 0 Å². The van der Waals surface area contributed by atoms with Crippen LogP contribution < -0.4 is 0 Å². The lowest BCUT2D eigenvalue weighted by Gasteiger charge is -1.89. The fraction of sp³-hybridized carbons (Fsp3) is 0.250. The van der Waals surface area contributed by atoms with E-state index in [0.29, 0.717) is 0 Å². The predicted octanol–water partition coefficient (Wildman–Crippen LogP) is 5.82. The summed E-state index contributed by atoms with van der Waals surface area (Å²) in [4.78, 5) is 21.6. The second-order valence-electron chi connectivity index (χ2n) is 6.03. The molecule has 0 unspecified atom stereocenters. The first-order chi connectivity index (χ1) is 13.8. The van der Waals surface area contributed by atoms with Crippen molar-refractivity contribution in [2.75, 3.05) is 0 Å². The van der Waals surface area contributed by atoms with Gasteiger partial charge in [0.15, 0.2) is 0 Å². The Labute approximate surface area is 175 Å². The van der Waals surface area contributed by atoms with Crippen LogP contribution in [0.5, 0.6) is 0 Å². The van der Waals surface area contributed by atoms with E-state index in [1.807, 2.05) is 18.2 Å². The highest BCUT2D eigenvalue weighted by atomic mass is 31.2. The van der Waals surface area contributed by atoms with Crippen LogP contribution in [0.25, 0.3) is 0 Å². The molecule has 3 aromatic rings. The number of benzene rings is 3. The average molecular weight is 416 g/mol. The molecule has 0 aliphatic rings.